The lowest BCUT2D eigenvalue weighted by Gasteiger charge is -1.95. The van der Waals surface area contributed by atoms with Crippen LogP contribution in [0.2, 0.25) is 0 Å². The minimum Gasteiger partial charge on any atom is -0.336 e. The van der Waals surface area contributed by atoms with Crippen LogP contribution >= 0.6 is 24.8 Å². The molecule has 0 atom stereocenters. The van der Waals surface area contributed by atoms with Crippen molar-refractivity contribution in [1.29, 1.82) is 0 Å². The van der Waals surface area contributed by atoms with E-state index in [4.69, 9.17) is 12.2 Å². The zero-order valence-electron chi connectivity index (χ0n) is 5.09. The molecule has 4 heteroatoms. The Morgan fingerprint density at radius 1 is 1.89 bits per heavy atom. The number of imidazole rings is 1. The van der Waals surface area contributed by atoms with Gasteiger partial charge in [0.1, 0.15) is 0 Å². The van der Waals surface area contributed by atoms with Crippen LogP contribution in [0.5, 0.6) is 0 Å². The molecule has 1 N–H and O–H groups in total. The van der Waals surface area contributed by atoms with Gasteiger partial charge in [-0.15, -0.1) is 12.6 Å². The highest BCUT2D eigenvalue weighted by atomic mass is 32.1. The van der Waals surface area contributed by atoms with Crippen molar-refractivity contribution >= 4 is 24.8 Å². The highest BCUT2D eigenvalue weighted by Gasteiger charge is 1.93. The highest BCUT2D eigenvalue weighted by molar-refractivity contribution is 7.80. The molecule has 50 valence electrons. The third-order valence-electron chi connectivity index (χ3n) is 1.16. The third-order valence-corrected chi connectivity index (χ3v) is 1.87. The molecule has 1 aromatic rings. The van der Waals surface area contributed by atoms with Crippen LogP contribution in [-0.2, 0) is 6.54 Å². The van der Waals surface area contributed by atoms with Crippen LogP contribution in [0.1, 0.15) is 6.92 Å². The van der Waals surface area contributed by atoms with Gasteiger partial charge in [0.25, 0.3) is 0 Å². The van der Waals surface area contributed by atoms with Crippen molar-refractivity contribution in [2.75, 3.05) is 0 Å². The molecule has 0 aliphatic rings. The molecule has 9 heavy (non-hydrogen) atoms. The number of nitrogens with zero attached hydrogens (tertiary/aromatic N) is 1. The maximum Gasteiger partial charge on any atom is 0.177 e. The number of aromatic amines is 1. The van der Waals surface area contributed by atoms with Crippen LogP contribution in [0.3, 0.4) is 0 Å². The quantitative estimate of drug-likeness (QED) is 0.474. The Labute approximate surface area is 64.3 Å². The summed E-state index contributed by atoms with van der Waals surface area (Å²) in [5, 5.41) is 0.891. The van der Waals surface area contributed by atoms with Crippen molar-refractivity contribution < 1.29 is 0 Å². The van der Waals surface area contributed by atoms with Crippen molar-refractivity contribution in [2.24, 2.45) is 0 Å². The molecule has 0 aromatic carbocycles. The molecular weight excluding hydrogens is 152 g/mol. The highest BCUT2D eigenvalue weighted by Crippen LogP contribution is 2.04. The standard InChI is InChI=1S/C5H8N2S2/c1-2-7-4(8)3-6-5(7)9/h3,8H,2H2,1H3,(H,6,9). The van der Waals surface area contributed by atoms with Crippen molar-refractivity contribution in [1.82, 2.24) is 9.55 Å². The normalized spacial score (nSPS) is 10.0. The molecule has 0 spiro atoms. The van der Waals surface area contributed by atoms with Gasteiger partial charge in [0.15, 0.2) is 4.77 Å². The minimum atomic E-state index is 0.738. The van der Waals surface area contributed by atoms with Gasteiger partial charge >= 0.3 is 0 Å². The van der Waals surface area contributed by atoms with E-state index in [2.05, 4.69) is 17.6 Å². The molecule has 1 heterocycles. The Morgan fingerprint density at radius 2 is 2.56 bits per heavy atom. The molecule has 0 bridgehead atoms. The topological polar surface area (TPSA) is 20.7 Å². The largest absolute Gasteiger partial charge is 0.336 e. The maximum absolute atomic E-state index is 4.93. The summed E-state index contributed by atoms with van der Waals surface area (Å²) in [5.41, 5.74) is 0. The summed E-state index contributed by atoms with van der Waals surface area (Å²) in [7, 11) is 0. The van der Waals surface area contributed by atoms with Crippen LogP contribution < -0.4 is 0 Å². The molecule has 0 fully saturated rings. The molecule has 0 radical (unpaired) electrons. The lowest BCUT2D eigenvalue weighted by Crippen LogP contribution is -1.92. The van der Waals surface area contributed by atoms with E-state index in [1.54, 1.807) is 6.20 Å². The molecule has 0 amide bonds. The smallest absolute Gasteiger partial charge is 0.177 e. The van der Waals surface area contributed by atoms with E-state index in [1.165, 1.54) is 0 Å². The Bertz CT molecular complexity index is 248. The second-order valence-corrected chi connectivity index (χ2v) is 2.54. The fourth-order valence-electron chi connectivity index (χ4n) is 0.692. The number of thiol groups is 1. The van der Waals surface area contributed by atoms with Gasteiger partial charge in [-0.25, -0.2) is 0 Å². The van der Waals surface area contributed by atoms with Crippen molar-refractivity contribution in [3.63, 3.8) is 0 Å². The molecule has 0 unspecified atom stereocenters. The zero-order chi connectivity index (χ0) is 6.85. The fraction of sp³-hybridized carbons (Fsp3) is 0.400. The SMILES string of the molecule is CCn1c(S)c[nH]c1=S. The summed E-state index contributed by atoms with van der Waals surface area (Å²) in [6, 6.07) is 0. The van der Waals surface area contributed by atoms with Gasteiger partial charge in [-0.3, -0.25) is 0 Å². The molecule has 0 saturated heterocycles. The van der Waals surface area contributed by atoms with Gasteiger partial charge in [0.2, 0.25) is 0 Å². The first-order valence-corrected chi connectivity index (χ1v) is 3.58. The predicted octanol–water partition coefficient (Wildman–Crippen LogP) is 1.85. The summed E-state index contributed by atoms with van der Waals surface area (Å²) in [6.45, 7) is 2.91. The fourth-order valence-corrected chi connectivity index (χ4v) is 1.35. The summed E-state index contributed by atoms with van der Waals surface area (Å²) in [4.78, 5) is 2.89. The van der Waals surface area contributed by atoms with Gasteiger partial charge in [-0.1, -0.05) is 0 Å². The molecular formula is C5H8N2S2. The lowest BCUT2D eigenvalue weighted by atomic mass is 10.7. The summed E-state index contributed by atoms with van der Waals surface area (Å²) < 4.78 is 2.65. The third kappa shape index (κ3) is 1.19. The average Bonchev–Trinajstić information content (AvgIpc) is 2.12. The first-order valence-electron chi connectivity index (χ1n) is 2.73. The Morgan fingerprint density at radius 3 is 2.78 bits per heavy atom. The second-order valence-electron chi connectivity index (χ2n) is 1.70. The van der Waals surface area contributed by atoms with Gasteiger partial charge in [0.05, 0.1) is 5.03 Å². The van der Waals surface area contributed by atoms with Crippen LogP contribution in [0.15, 0.2) is 11.2 Å². The van der Waals surface area contributed by atoms with Gasteiger partial charge < -0.3 is 9.55 Å². The van der Waals surface area contributed by atoms with E-state index < -0.39 is 0 Å². The number of hydrogen-bond acceptors (Lipinski definition) is 2. The first kappa shape index (κ1) is 6.89. The molecule has 2 nitrogen and oxygen atoms in total. The molecule has 1 aromatic heterocycles. The van der Waals surface area contributed by atoms with Gasteiger partial charge in [-0.2, -0.15) is 0 Å². The van der Waals surface area contributed by atoms with Crippen LogP contribution in [0, 0.1) is 4.77 Å². The summed E-state index contributed by atoms with van der Waals surface area (Å²) in [6.07, 6.45) is 1.79. The van der Waals surface area contributed by atoms with Crippen molar-refractivity contribution in [2.45, 2.75) is 18.5 Å². The van der Waals surface area contributed by atoms with Gasteiger partial charge in [0, 0.05) is 12.7 Å². The first-order chi connectivity index (χ1) is 4.25. The number of aromatic nitrogens is 2. The molecule has 0 aliphatic heterocycles. The molecule has 1 rings (SSSR count). The van der Waals surface area contributed by atoms with E-state index >= 15 is 0 Å². The molecule has 0 aliphatic carbocycles. The van der Waals surface area contributed by atoms with E-state index in [9.17, 15) is 0 Å². The van der Waals surface area contributed by atoms with E-state index in [0.717, 1.165) is 16.3 Å². The number of rotatable bonds is 1. The molecule has 0 saturated carbocycles. The number of hydrogen-bond donors (Lipinski definition) is 2. The Kier molecular flexibility index (Phi) is 1.97. The van der Waals surface area contributed by atoms with Gasteiger partial charge in [-0.05, 0) is 19.1 Å². The number of nitrogens with one attached hydrogen (secondary N) is 1. The monoisotopic (exact) mass is 160 g/mol. The van der Waals surface area contributed by atoms with Crippen molar-refractivity contribution in [3.8, 4) is 0 Å². The minimum absolute atomic E-state index is 0.738. The van der Waals surface area contributed by atoms with Crippen molar-refractivity contribution in [3.05, 3.63) is 11.0 Å². The van der Waals surface area contributed by atoms with E-state index in [-0.39, 0.29) is 0 Å². The summed E-state index contributed by atoms with van der Waals surface area (Å²) in [5.74, 6) is 0. The average molecular weight is 160 g/mol. The predicted molar refractivity (Wildman–Crippen MR) is 42.5 cm³/mol. The number of H-pyrrole nitrogens is 1. The van der Waals surface area contributed by atoms with Crippen LogP contribution in [-0.4, -0.2) is 9.55 Å². The second kappa shape index (κ2) is 2.58. The van der Waals surface area contributed by atoms with Crippen LogP contribution in [0.4, 0.5) is 0 Å². The Balaban J connectivity index is 3.23. The van der Waals surface area contributed by atoms with E-state index in [0.29, 0.717) is 0 Å². The Hall–Kier alpha value is -0.220. The zero-order valence-corrected chi connectivity index (χ0v) is 6.80. The lowest BCUT2D eigenvalue weighted by molar-refractivity contribution is 0.691. The van der Waals surface area contributed by atoms with E-state index in [1.807, 2.05) is 11.5 Å². The van der Waals surface area contributed by atoms with Crippen LogP contribution in [0.25, 0.3) is 0 Å². The summed E-state index contributed by atoms with van der Waals surface area (Å²) >= 11 is 9.09. The maximum atomic E-state index is 4.93.